The lowest BCUT2D eigenvalue weighted by Gasteiger charge is -2.47. The molecule has 3 rings (SSSR count). The van der Waals surface area contributed by atoms with Gasteiger partial charge in [-0.25, -0.2) is 0 Å². The van der Waals surface area contributed by atoms with Gasteiger partial charge in [-0.2, -0.15) is 0 Å². The summed E-state index contributed by atoms with van der Waals surface area (Å²) < 4.78 is 0. The van der Waals surface area contributed by atoms with E-state index >= 15 is 0 Å². The molecule has 2 aromatic rings. The minimum atomic E-state index is -0.666. The van der Waals surface area contributed by atoms with Crippen LogP contribution in [0.25, 0.3) is 0 Å². The summed E-state index contributed by atoms with van der Waals surface area (Å²) in [6.07, 6.45) is 1.71. The molecule has 2 nitrogen and oxygen atoms in total. The van der Waals surface area contributed by atoms with Crippen LogP contribution < -0.4 is 5.32 Å². The van der Waals surface area contributed by atoms with Crippen molar-refractivity contribution in [2.75, 3.05) is 0 Å². The molecule has 22 heavy (non-hydrogen) atoms. The van der Waals surface area contributed by atoms with Crippen molar-refractivity contribution in [3.8, 4) is 0 Å². The number of rotatable bonds is 3. The van der Waals surface area contributed by atoms with Crippen LogP contribution in [0.2, 0.25) is 0 Å². The van der Waals surface area contributed by atoms with Crippen LogP contribution in [0.15, 0.2) is 60.7 Å². The maximum atomic E-state index is 11.1. The molecule has 0 aliphatic carbocycles. The van der Waals surface area contributed by atoms with Crippen LogP contribution in [-0.4, -0.2) is 10.7 Å². The highest BCUT2D eigenvalue weighted by Gasteiger charge is 2.44. The topological polar surface area (TPSA) is 32.3 Å². The third-order valence-corrected chi connectivity index (χ3v) is 5.00. The molecule has 0 saturated carbocycles. The molecule has 0 spiro atoms. The second-order valence-corrected chi connectivity index (χ2v) is 6.59. The van der Waals surface area contributed by atoms with Crippen molar-refractivity contribution >= 4 is 0 Å². The van der Waals surface area contributed by atoms with Crippen molar-refractivity contribution in [2.45, 2.75) is 44.4 Å². The van der Waals surface area contributed by atoms with E-state index in [1.165, 1.54) is 11.1 Å². The molecule has 2 heteroatoms. The zero-order valence-electron chi connectivity index (χ0n) is 13.4. The maximum absolute atomic E-state index is 11.1. The van der Waals surface area contributed by atoms with E-state index in [1.54, 1.807) is 0 Å². The zero-order valence-corrected chi connectivity index (χ0v) is 13.4. The first-order valence-electron chi connectivity index (χ1n) is 8.20. The van der Waals surface area contributed by atoms with E-state index in [1.807, 2.05) is 19.1 Å². The summed E-state index contributed by atoms with van der Waals surface area (Å²) in [5.41, 5.74) is 1.84. The van der Waals surface area contributed by atoms with Crippen molar-refractivity contribution in [1.82, 2.24) is 5.32 Å². The second-order valence-electron chi connectivity index (χ2n) is 6.59. The Hall–Kier alpha value is -1.64. The molecule has 0 bridgehead atoms. The normalized spacial score (nSPS) is 31.9. The van der Waals surface area contributed by atoms with E-state index in [0.717, 1.165) is 12.8 Å². The number of piperidine rings is 1. The summed E-state index contributed by atoms with van der Waals surface area (Å²) >= 11 is 0. The first-order chi connectivity index (χ1) is 10.6. The van der Waals surface area contributed by atoms with E-state index in [4.69, 9.17) is 0 Å². The second kappa shape index (κ2) is 6.23. The Balaban J connectivity index is 1.95. The largest absolute Gasteiger partial charge is 0.390 e. The number of hydrogen-bond donors (Lipinski definition) is 2. The lowest BCUT2D eigenvalue weighted by atomic mass is 9.71. The third kappa shape index (κ3) is 2.94. The minimum absolute atomic E-state index is 0.181. The monoisotopic (exact) mass is 295 g/mol. The van der Waals surface area contributed by atoms with Crippen molar-refractivity contribution in [1.29, 1.82) is 0 Å². The van der Waals surface area contributed by atoms with Gasteiger partial charge in [-0.3, -0.25) is 0 Å². The van der Waals surface area contributed by atoms with Gasteiger partial charge in [0, 0.05) is 18.0 Å². The van der Waals surface area contributed by atoms with Crippen molar-refractivity contribution < 1.29 is 5.11 Å². The predicted octanol–water partition coefficient (Wildman–Crippen LogP) is 4.24. The Morgan fingerprint density at radius 3 is 2.09 bits per heavy atom. The summed E-state index contributed by atoms with van der Waals surface area (Å²) in [5.74, 6) is 0.217. The molecule has 0 aromatic heterocycles. The van der Waals surface area contributed by atoms with Crippen LogP contribution in [0.4, 0.5) is 0 Å². The van der Waals surface area contributed by atoms with Gasteiger partial charge in [-0.1, -0.05) is 67.6 Å². The number of aliphatic hydroxyl groups is 1. The highest BCUT2D eigenvalue weighted by atomic mass is 16.3. The SMILES string of the molecule is CC[C@@H]1[C@H](c2ccccc2)N[C@@H](c2ccccc2)C[C@]1(C)O. The molecule has 1 saturated heterocycles. The molecule has 0 amide bonds. The van der Waals surface area contributed by atoms with E-state index in [2.05, 4.69) is 60.8 Å². The van der Waals surface area contributed by atoms with Gasteiger partial charge in [0.05, 0.1) is 5.60 Å². The van der Waals surface area contributed by atoms with Crippen molar-refractivity contribution in [3.63, 3.8) is 0 Å². The summed E-state index contributed by atoms with van der Waals surface area (Å²) in [6, 6.07) is 21.3. The van der Waals surface area contributed by atoms with Crippen molar-refractivity contribution in [2.24, 2.45) is 5.92 Å². The third-order valence-electron chi connectivity index (χ3n) is 5.00. The molecule has 4 atom stereocenters. The summed E-state index contributed by atoms with van der Waals surface area (Å²) in [6.45, 7) is 4.16. The molecule has 1 heterocycles. The Morgan fingerprint density at radius 1 is 1.00 bits per heavy atom. The standard InChI is InChI=1S/C20H25NO/c1-3-17-19(16-12-8-5-9-13-16)21-18(14-20(17,2)22)15-10-6-4-7-11-15/h4-13,17-19,21-22H,3,14H2,1-2H3/t17-,18-,19+,20+/m1/s1. The van der Waals surface area contributed by atoms with Gasteiger partial charge in [0.2, 0.25) is 0 Å². The fourth-order valence-corrected chi connectivity index (χ4v) is 3.88. The fourth-order valence-electron chi connectivity index (χ4n) is 3.88. The van der Waals surface area contributed by atoms with E-state index in [0.29, 0.717) is 0 Å². The molecule has 1 fully saturated rings. The average Bonchev–Trinajstić information content (AvgIpc) is 2.55. The summed E-state index contributed by atoms with van der Waals surface area (Å²) in [7, 11) is 0. The molecule has 0 radical (unpaired) electrons. The lowest BCUT2D eigenvalue weighted by molar-refractivity contribution is -0.0616. The highest BCUT2D eigenvalue weighted by molar-refractivity contribution is 5.26. The van der Waals surface area contributed by atoms with Gasteiger partial charge >= 0.3 is 0 Å². The Labute approximate surface area is 133 Å². The Morgan fingerprint density at radius 2 is 1.55 bits per heavy atom. The minimum Gasteiger partial charge on any atom is -0.390 e. The molecule has 1 aliphatic heterocycles. The highest BCUT2D eigenvalue weighted by Crippen LogP contribution is 2.44. The Bertz CT molecular complexity index is 594. The fraction of sp³-hybridized carbons (Fsp3) is 0.400. The molecule has 0 unspecified atom stereocenters. The van der Waals surface area contributed by atoms with E-state index in [-0.39, 0.29) is 18.0 Å². The average molecular weight is 295 g/mol. The summed E-state index contributed by atoms with van der Waals surface area (Å²) in [5, 5.41) is 14.8. The van der Waals surface area contributed by atoms with E-state index < -0.39 is 5.60 Å². The number of hydrogen-bond acceptors (Lipinski definition) is 2. The van der Waals surface area contributed by atoms with Gasteiger partial charge in [0.1, 0.15) is 0 Å². The van der Waals surface area contributed by atoms with Crippen LogP contribution in [0.3, 0.4) is 0 Å². The number of nitrogens with one attached hydrogen (secondary N) is 1. The van der Waals surface area contributed by atoms with Crippen LogP contribution in [0.1, 0.15) is 49.9 Å². The lowest BCUT2D eigenvalue weighted by Crippen LogP contribution is -2.51. The zero-order chi connectivity index (χ0) is 15.6. The van der Waals surface area contributed by atoms with Gasteiger partial charge < -0.3 is 10.4 Å². The Kier molecular flexibility index (Phi) is 4.32. The van der Waals surface area contributed by atoms with Crippen LogP contribution >= 0.6 is 0 Å². The smallest absolute Gasteiger partial charge is 0.0684 e. The molecular weight excluding hydrogens is 270 g/mol. The van der Waals surface area contributed by atoms with Gasteiger partial charge in [0.25, 0.3) is 0 Å². The molecule has 1 aliphatic rings. The van der Waals surface area contributed by atoms with Crippen LogP contribution in [-0.2, 0) is 0 Å². The quantitative estimate of drug-likeness (QED) is 0.887. The molecule has 2 aromatic carbocycles. The molecule has 116 valence electrons. The molecule has 2 N–H and O–H groups in total. The van der Waals surface area contributed by atoms with Gasteiger partial charge in [0.15, 0.2) is 0 Å². The molecular formula is C20H25NO. The predicted molar refractivity (Wildman–Crippen MR) is 90.5 cm³/mol. The van der Waals surface area contributed by atoms with Crippen LogP contribution in [0.5, 0.6) is 0 Å². The van der Waals surface area contributed by atoms with Gasteiger partial charge in [-0.15, -0.1) is 0 Å². The maximum Gasteiger partial charge on any atom is 0.0684 e. The van der Waals surface area contributed by atoms with Gasteiger partial charge in [-0.05, 0) is 30.9 Å². The van der Waals surface area contributed by atoms with Crippen LogP contribution in [0, 0.1) is 5.92 Å². The van der Waals surface area contributed by atoms with Crippen molar-refractivity contribution in [3.05, 3.63) is 71.8 Å². The van der Waals surface area contributed by atoms with E-state index in [9.17, 15) is 5.11 Å². The first-order valence-corrected chi connectivity index (χ1v) is 8.20. The summed E-state index contributed by atoms with van der Waals surface area (Å²) in [4.78, 5) is 0. The first kappa shape index (κ1) is 15.3. The number of benzene rings is 2.